The van der Waals surface area contributed by atoms with Crippen LogP contribution in [0.4, 0.5) is 5.69 Å². The number of hydrogen-bond acceptors (Lipinski definition) is 4. The van der Waals surface area contributed by atoms with Crippen molar-refractivity contribution in [3.63, 3.8) is 0 Å². The highest BCUT2D eigenvalue weighted by Gasteiger charge is 2.15. The molecular formula is C19H25N3O2. The summed E-state index contributed by atoms with van der Waals surface area (Å²) in [6, 6.07) is 11.6. The molecule has 0 saturated carbocycles. The molecule has 2 rings (SSSR count). The minimum Gasteiger partial charge on any atom is -0.496 e. The van der Waals surface area contributed by atoms with Gasteiger partial charge >= 0.3 is 0 Å². The summed E-state index contributed by atoms with van der Waals surface area (Å²) in [5.41, 5.74) is 2.18. The van der Waals surface area contributed by atoms with Crippen LogP contribution in [0.1, 0.15) is 36.8 Å². The zero-order valence-electron chi connectivity index (χ0n) is 14.7. The predicted molar refractivity (Wildman–Crippen MR) is 96.6 cm³/mol. The summed E-state index contributed by atoms with van der Waals surface area (Å²) in [5.74, 6) is 0.731. The summed E-state index contributed by atoms with van der Waals surface area (Å²) in [7, 11) is 1.68. The van der Waals surface area contributed by atoms with E-state index in [1.54, 1.807) is 19.4 Å². The normalized spacial score (nSPS) is 11.0. The van der Waals surface area contributed by atoms with Crippen molar-refractivity contribution in [2.45, 2.75) is 32.7 Å². The lowest BCUT2D eigenvalue weighted by Gasteiger charge is -2.20. The van der Waals surface area contributed by atoms with Crippen molar-refractivity contribution in [3.8, 4) is 5.75 Å². The van der Waals surface area contributed by atoms with Gasteiger partial charge < -0.3 is 15.4 Å². The number of rotatable bonds is 6. The van der Waals surface area contributed by atoms with E-state index in [1.165, 1.54) is 0 Å². The number of ether oxygens (including phenoxy) is 1. The van der Waals surface area contributed by atoms with Crippen molar-refractivity contribution in [2.75, 3.05) is 19.0 Å². The van der Waals surface area contributed by atoms with Gasteiger partial charge in [0.05, 0.1) is 19.0 Å². The van der Waals surface area contributed by atoms with Gasteiger partial charge in [0, 0.05) is 12.1 Å². The molecule has 2 N–H and O–H groups in total. The highest BCUT2D eigenvalue weighted by Crippen LogP contribution is 2.18. The summed E-state index contributed by atoms with van der Waals surface area (Å²) < 4.78 is 5.35. The Bertz CT molecular complexity index is 676. The molecule has 1 aromatic heterocycles. The number of nitrogens with zero attached hydrogens (tertiary/aromatic N) is 1. The van der Waals surface area contributed by atoms with Crippen LogP contribution in [-0.2, 0) is 6.42 Å². The van der Waals surface area contributed by atoms with Crippen LogP contribution in [0.15, 0.2) is 42.6 Å². The second-order valence-electron chi connectivity index (χ2n) is 6.62. The average molecular weight is 327 g/mol. The first-order valence-corrected chi connectivity index (χ1v) is 8.03. The molecular weight excluding hydrogens is 302 g/mol. The van der Waals surface area contributed by atoms with Gasteiger partial charge in [0.15, 0.2) is 0 Å². The summed E-state index contributed by atoms with van der Waals surface area (Å²) >= 11 is 0. The van der Waals surface area contributed by atoms with E-state index in [0.29, 0.717) is 5.69 Å². The number of carbonyl (C=O) groups excluding carboxylic acids is 1. The van der Waals surface area contributed by atoms with Gasteiger partial charge in [-0.25, -0.2) is 4.98 Å². The lowest BCUT2D eigenvalue weighted by atomic mass is 10.1. The van der Waals surface area contributed by atoms with Crippen LogP contribution < -0.4 is 15.4 Å². The third-order valence-electron chi connectivity index (χ3n) is 3.40. The molecule has 2 aromatic rings. The fourth-order valence-electron chi connectivity index (χ4n) is 2.29. The number of aromatic nitrogens is 1. The van der Waals surface area contributed by atoms with E-state index >= 15 is 0 Å². The van der Waals surface area contributed by atoms with Crippen molar-refractivity contribution >= 4 is 11.6 Å². The molecule has 128 valence electrons. The second-order valence-corrected chi connectivity index (χ2v) is 6.62. The monoisotopic (exact) mass is 327 g/mol. The van der Waals surface area contributed by atoms with E-state index in [-0.39, 0.29) is 11.4 Å². The van der Waals surface area contributed by atoms with Gasteiger partial charge in [0.25, 0.3) is 5.91 Å². The Hall–Kier alpha value is -2.56. The average Bonchev–Trinajstić information content (AvgIpc) is 2.54. The Morgan fingerprint density at radius 3 is 2.54 bits per heavy atom. The molecule has 0 bridgehead atoms. The zero-order chi connectivity index (χ0) is 17.6. The number of benzene rings is 1. The fraction of sp³-hybridized carbons (Fsp3) is 0.368. The highest BCUT2D eigenvalue weighted by molar-refractivity contribution is 5.92. The van der Waals surface area contributed by atoms with Crippen molar-refractivity contribution in [3.05, 3.63) is 53.9 Å². The number of pyridine rings is 1. The molecule has 0 aliphatic heterocycles. The van der Waals surface area contributed by atoms with Crippen molar-refractivity contribution in [1.29, 1.82) is 0 Å². The van der Waals surface area contributed by atoms with Crippen LogP contribution in [0.2, 0.25) is 0 Å². The molecule has 1 heterocycles. The summed E-state index contributed by atoms with van der Waals surface area (Å²) in [6.07, 6.45) is 2.52. The molecule has 0 aliphatic rings. The summed E-state index contributed by atoms with van der Waals surface area (Å²) in [4.78, 5) is 16.3. The van der Waals surface area contributed by atoms with E-state index < -0.39 is 0 Å². The van der Waals surface area contributed by atoms with Crippen LogP contribution in [0.25, 0.3) is 0 Å². The Balaban J connectivity index is 1.89. The van der Waals surface area contributed by atoms with Gasteiger partial charge in [-0.15, -0.1) is 0 Å². The number of nitrogens with one attached hydrogen (secondary N) is 2. The first-order valence-electron chi connectivity index (χ1n) is 8.03. The fourth-order valence-corrected chi connectivity index (χ4v) is 2.29. The SMILES string of the molecule is COc1ccccc1CCNc1ccc(C(=O)NC(C)(C)C)nc1. The number of amides is 1. The molecule has 1 aromatic carbocycles. The van der Waals surface area contributed by atoms with Gasteiger partial charge in [0.2, 0.25) is 0 Å². The largest absolute Gasteiger partial charge is 0.496 e. The van der Waals surface area contributed by atoms with Gasteiger partial charge in [-0.3, -0.25) is 4.79 Å². The maximum atomic E-state index is 12.0. The molecule has 24 heavy (non-hydrogen) atoms. The maximum Gasteiger partial charge on any atom is 0.270 e. The maximum absolute atomic E-state index is 12.0. The number of hydrogen-bond donors (Lipinski definition) is 2. The third-order valence-corrected chi connectivity index (χ3v) is 3.40. The zero-order valence-corrected chi connectivity index (χ0v) is 14.7. The van der Waals surface area contributed by atoms with E-state index in [2.05, 4.69) is 21.7 Å². The molecule has 0 radical (unpaired) electrons. The smallest absolute Gasteiger partial charge is 0.270 e. The van der Waals surface area contributed by atoms with E-state index in [9.17, 15) is 4.79 Å². The minimum atomic E-state index is -0.273. The summed E-state index contributed by atoms with van der Waals surface area (Å²) in [5, 5.41) is 6.21. The Morgan fingerprint density at radius 2 is 1.92 bits per heavy atom. The Labute approximate surface area is 143 Å². The Kier molecular flexibility index (Phi) is 5.79. The number of carbonyl (C=O) groups is 1. The number of para-hydroxylation sites is 1. The number of anilines is 1. The van der Waals surface area contributed by atoms with Gasteiger partial charge in [0.1, 0.15) is 11.4 Å². The van der Waals surface area contributed by atoms with E-state index in [1.807, 2.05) is 45.0 Å². The quantitative estimate of drug-likeness (QED) is 0.855. The van der Waals surface area contributed by atoms with E-state index in [4.69, 9.17) is 4.74 Å². The highest BCUT2D eigenvalue weighted by atomic mass is 16.5. The number of methoxy groups -OCH3 is 1. The first kappa shape index (κ1) is 17.8. The molecule has 0 atom stereocenters. The van der Waals surface area contributed by atoms with Crippen LogP contribution in [0, 0.1) is 0 Å². The molecule has 0 spiro atoms. The Morgan fingerprint density at radius 1 is 1.17 bits per heavy atom. The first-order chi connectivity index (χ1) is 11.4. The van der Waals surface area contributed by atoms with Gasteiger partial charge in [-0.1, -0.05) is 18.2 Å². The summed E-state index contributed by atoms with van der Waals surface area (Å²) in [6.45, 7) is 6.59. The van der Waals surface area contributed by atoms with Crippen LogP contribution in [0.3, 0.4) is 0 Å². The molecule has 0 saturated heterocycles. The molecule has 5 nitrogen and oxygen atoms in total. The molecule has 5 heteroatoms. The molecule has 0 aliphatic carbocycles. The molecule has 0 unspecified atom stereocenters. The van der Waals surface area contributed by atoms with E-state index in [0.717, 1.165) is 30.0 Å². The minimum absolute atomic E-state index is 0.164. The lowest BCUT2D eigenvalue weighted by molar-refractivity contribution is 0.0914. The standard InChI is InChI=1S/C19H25N3O2/c1-19(2,3)22-18(23)16-10-9-15(13-21-16)20-12-11-14-7-5-6-8-17(14)24-4/h5-10,13,20H,11-12H2,1-4H3,(H,22,23). The van der Waals surface area contributed by atoms with Crippen molar-refractivity contribution in [1.82, 2.24) is 10.3 Å². The predicted octanol–water partition coefficient (Wildman–Crippen LogP) is 3.27. The lowest BCUT2D eigenvalue weighted by Crippen LogP contribution is -2.40. The van der Waals surface area contributed by atoms with Crippen molar-refractivity contribution < 1.29 is 9.53 Å². The second kappa shape index (κ2) is 7.81. The van der Waals surface area contributed by atoms with Crippen LogP contribution in [0.5, 0.6) is 5.75 Å². The van der Waals surface area contributed by atoms with Gasteiger partial charge in [-0.2, -0.15) is 0 Å². The van der Waals surface area contributed by atoms with Gasteiger partial charge in [-0.05, 0) is 51.0 Å². The third kappa shape index (κ3) is 5.26. The van der Waals surface area contributed by atoms with Crippen LogP contribution in [-0.4, -0.2) is 30.1 Å². The molecule has 1 amide bonds. The molecule has 0 fully saturated rings. The van der Waals surface area contributed by atoms with Crippen molar-refractivity contribution in [2.24, 2.45) is 0 Å². The van der Waals surface area contributed by atoms with Crippen LogP contribution >= 0.6 is 0 Å². The topological polar surface area (TPSA) is 63.2 Å².